The molecule has 0 aromatic heterocycles. The van der Waals surface area contributed by atoms with Gasteiger partial charge in [-0.1, -0.05) is 65.7 Å². The van der Waals surface area contributed by atoms with E-state index in [9.17, 15) is 9.59 Å². The minimum absolute atomic E-state index is 0.364. The lowest BCUT2D eigenvalue weighted by Gasteiger charge is -2.17. The standard InChI is InChI=1S/C18H35NO4/c1-4-7-9-10-11-12-15-23-18(21)19-16(13-6-3)17(20)22-14-8-5-2/h16H,4-15H2,1-3H3,(H,19,21)/t16-/m0/s1. The van der Waals surface area contributed by atoms with E-state index >= 15 is 0 Å². The van der Waals surface area contributed by atoms with Crippen LogP contribution in [0.15, 0.2) is 0 Å². The van der Waals surface area contributed by atoms with Gasteiger partial charge in [-0.2, -0.15) is 0 Å². The molecule has 136 valence electrons. The van der Waals surface area contributed by atoms with Gasteiger partial charge in [0.05, 0.1) is 13.2 Å². The molecule has 0 radical (unpaired) electrons. The van der Waals surface area contributed by atoms with E-state index in [-0.39, 0.29) is 5.97 Å². The molecular weight excluding hydrogens is 294 g/mol. The fraction of sp³-hybridized carbons (Fsp3) is 0.889. The SMILES string of the molecule is CCCCCCCCOC(=O)N[C@@H](CCC)C(=O)OCCCC. The van der Waals surface area contributed by atoms with Gasteiger partial charge in [0.15, 0.2) is 0 Å². The number of esters is 1. The first kappa shape index (κ1) is 21.7. The third-order valence-electron chi connectivity index (χ3n) is 3.63. The Morgan fingerprint density at radius 1 is 0.783 bits per heavy atom. The van der Waals surface area contributed by atoms with Crippen LogP contribution in [0.5, 0.6) is 0 Å². The summed E-state index contributed by atoms with van der Waals surface area (Å²) in [5.74, 6) is -0.364. The lowest BCUT2D eigenvalue weighted by molar-refractivity contribution is -0.146. The molecule has 23 heavy (non-hydrogen) atoms. The molecule has 5 heteroatoms. The normalized spacial score (nSPS) is 11.8. The van der Waals surface area contributed by atoms with Gasteiger partial charge in [0.1, 0.15) is 6.04 Å². The predicted octanol–water partition coefficient (Wildman–Crippen LogP) is 4.59. The summed E-state index contributed by atoms with van der Waals surface area (Å²) in [5.41, 5.74) is 0. The second kappa shape index (κ2) is 15.6. The van der Waals surface area contributed by atoms with Crippen molar-refractivity contribution < 1.29 is 19.1 Å². The molecule has 0 rings (SSSR count). The van der Waals surface area contributed by atoms with Gasteiger partial charge in [0.25, 0.3) is 0 Å². The molecule has 0 aliphatic heterocycles. The Morgan fingerprint density at radius 3 is 2.04 bits per heavy atom. The maximum Gasteiger partial charge on any atom is 0.407 e. The highest BCUT2D eigenvalue weighted by Gasteiger charge is 2.21. The van der Waals surface area contributed by atoms with E-state index < -0.39 is 12.1 Å². The first-order valence-corrected chi connectivity index (χ1v) is 9.25. The number of ether oxygens (including phenoxy) is 2. The van der Waals surface area contributed by atoms with E-state index in [2.05, 4.69) is 12.2 Å². The number of nitrogens with one attached hydrogen (secondary N) is 1. The van der Waals surface area contributed by atoms with Crippen LogP contribution in [-0.2, 0) is 14.3 Å². The summed E-state index contributed by atoms with van der Waals surface area (Å²) < 4.78 is 10.3. The maximum atomic E-state index is 11.9. The molecule has 0 aliphatic rings. The van der Waals surface area contributed by atoms with E-state index in [0.29, 0.717) is 19.6 Å². The Morgan fingerprint density at radius 2 is 1.39 bits per heavy atom. The summed E-state index contributed by atoms with van der Waals surface area (Å²) in [6.45, 7) is 7.00. The Kier molecular flexibility index (Phi) is 14.8. The zero-order valence-electron chi connectivity index (χ0n) is 15.2. The molecule has 1 amide bonds. The third-order valence-corrected chi connectivity index (χ3v) is 3.63. The average molecular weight is 329 g/mol. The molecular formula is C18H35NO4. The quantitative estimate of drug-likeness (QED) is 0.374. The number of hydrogen-bond donors (Lipinski definition) is 1. The monoisotopic (exact) mass is 329 g/mol. The van der Waals surface area contributed by atoms with Crippen molar-refractivity contribution in [2.75, 3.05) is 13.2 Å². The second-order valence-corrected chi connectivity index (χ2v) is 5.91. The molecule has 0 saturated heterocycles. The highest BCUT2D eigenvalue weighted by atomic mass is 16.6. The van der Waals surface area contributed by atoms with Crippen molar-refractivity contribution in [2.45, 2.75) is 91.0 Å². The maximum absolute atomic E-state index is 11.9. The highest BCUT2D eigenvalue weighted by molar-refractivity contribution is 5.81. The van der Waals surface area contributed by atoms with E-state index in [1.165, 1.54) is 25.7 Å². The molecule has 0 spiro atoms. The summed E-state index contributed by atoms with van der Waals surface area (Å²) >= 11 is 0. The number of alkyl carbamates (subject to hydrolysis) is 1. The highest BCUT2D eigenvalue weighted by Crippen LogP contribution is 2.05. The van der Waals surface area contributed by atoms with E-state index in [1.807, 2.05) is 13.8 Å². The van der Waals surface area contributed by atoms with Crippen molar-refractivity contribution in [3.8, 4) is 0 Å². The van der Waals surface area contributed by atoms with Crippen molar-refractivity contribution in [1.29, 1.82) is 0 Å². The van der Waals surface area contributed by atoms with Crippen LogP contribution in [0, 0.1) is 0 Å². The van der Waals surface area contributed by atoms with Crippen LogP contribution >= 0.6 is 0 Å². The van der Waals surface area contributed by atoms with Crippen LogP contribution in [0.25, 0.3) is 0 Å². The molecule has 0 aliphatic carbocycles. The fourth-order valence-electron chi connectivity index (χ4n) is 2.19. The second-order valence-electron chi connectivity index (χ2n) is 5.91. The van der Waals surface area contributed by atoms with Crippen molar-refractivity contribution in [3.63, 3.8) is 0 Å². The molecule has 0 aromatic rings. The largest absolute Gasteiger partial charge is 0.464 e. The minimum Gasteiger partial charge on any atom is -0.464 e. The summed E-state index contributed by atoms with van der Waals surface area (Å²) in [6.07, 6.45) is 9.51. The van der Waals surface area contributed by atoms with Crippen molar-refractivity contribution in [2.24, 2.45) is 0 Å². The first-order chi connectivity index (χ1) is 11.2. The number of carbonyl (C=O) groups is 2. The molecule has 0 bridgehead atoms. The van der Waals surface area contributed by atoms with E-state index in [0.717, 1.165) is 32.1 Å². The van der Waals surface area contributed by atoms with Crippen molar-refractivity contribution in [3.05, 3.63) is 0 Å². The molecule has 5 nitrogen and oxygen atoms in total. The predicted molar refractivity (Wildman–Crippen MR) is 92.4 cm³/mol. The average Bonchev–Trinajstić information content (AvgIpc) is 2.53. The molecule has 0 saturated carbocycles. The zero-order chi connectivity index (χ0) is 17.3. The number of unbranched alkanes of at least 4 members (excludes halogenated alkanes) is 6. The van der Waals surface area contributed by atoms with Crippen LogP contribution in [0.1, 0.15) is 85.0 Å². The van der Waals surface area contributed by atoms with Crippen LogP contribution in [-0.4, -0.2) is 31.3 Å². The van der Waals surface area contributed by atoms with Gasteiger partial charge in [-0.15, -0.1) is 0 Å². The van der Waals surface area contributed by atoms with Gasteiger partial charge < -0.3 is 14.8 Å². The third kappa shape index (κ3) is 12.9. The lowest BCUT2D eigenvalue weighted by Crippen LogP contribution is -2.42. The summed E-state index contributed by atoms with van der Waals surface area (Å²) in [4.78, 5) is 23.7. The van der Waals surface area contributed by atoms with Crippen molar-refractivity contribution in [1.82, 2.24) is 5.32 Å². The van der Waals surface area contributed by atoms with Crippen molar-refractivity contribution >= 4 is 12.1 Å². The molecule has 0 aromatic carbocycles. The summed E-state index contributed by atoms with van der Waals surface area (Å²) in [5, 5.41) is 2.62. The van der Waals surface area contributed by atoms with E-state index in [1.54, 1.807) is 0 Å². The Bertz CT molecular complexity index is 307. The van der Waals surface area contributed by atoms with Crippen LogP contribution in [0.4, 0.5) is 4.79 Å². The Hall–Kier alpha value is -1.26. The molecule has 1 N–H and O–H groups in total. The molecule has 0 heterocycles. The van der Waals surface area contributed by atoms with Gasteiger partial charge in [-0.25, -0.2) is 9.59 Å². The molecule has 1 atom stereocenters. The Balaban J connectivity index is 3.89. The smallest absolute Gasteiger partial charge is 0.407 e. The molecule has 0 fully saturated rings. The summed E-state index contributed by atoms with van der Waals surface area (Å²) in [7, 11) is 0. The number of hydrogen-bond acceptors (Lipinski definition) is 4. The van der Waals surface area contributed by atoms with Gasteiger partial charge in [0, 0.05) is 0 Å². The lowest BCUT2D eigenvalue weighted by atomic mass is 10.1. The topological polar surface area (TPSA) is 64.6 Å². The molecule has 0 unspecified atom stereocenters. The zero-order valence-corrected chi connectivity index (χ0v) is 15.2. The van der Waals surface area contributed by atoms with Crippen LogP contribution in [0.2, 0.25) is 0 Å². The van der Waals surface area contributed by atoms with Gasteiger partial charge in [0.2, 0.25) is 0 Å². The number of rotatable bonds is 14. The first-order valence-electron chi connectivity index (χ1n) is 9.25. The number of carbonyl (C=O) groups excluding carboxylic acids is 2. The van der Waals surface area contributed by atoms with Gasteiger partial charge in [-0.3, -0.25) is 0 Å². The Labute approximate surface area is 141 Å². The fourth-order valence-corrected chi connectivity index (χ4v) is 2.19. The van der Waals surface area contributed by atoms with Crippen LogP contribution < -0.4 is 5.32 Å². The van der Waals surface area contributed by atoms with Gasteiger partial charge in [-0.05, 0) is 19.3 Å². The van der Waals surface area contributed by atoms with Gasteiger partial charge >= 0.3 is 12.1 Å². The van der Waals surface area contributed by atoms with E-state index in [4.69, 9.17) is 9.47 Å². The van der Waals surface area contributed by atoms with Crippen LogP contribution in [0.3, 0.4) is 0 Å². The minimum atomic E-state index is -0.603. The summed E-state index contributed by atoms with van der Waals surface area (Å²) in [6, 6.07) is -0.603. The number of amides is 1.